The molecule has 4 nitrogen and oxygen atoms in total. The Balaban J connectivity index is 2.28. The van der Waals surface area contributed by atoms with Crippen LogP contribution >= 0.6 is 0 Å². The lowest BCUT2D eigenvalue weighted by atomic mass is 9.98. The Kier molecular flexibility index (Phi) is 2.04. The molecule has 1 heterocycles. The molecule has 1 aromatic rings. The van der Waals surface area contributed by atoms with Gasteiger partial charge in [0, 0.05) is 5.56 Å². The van der Waals surface area contributed by atoms with E-state index in [0.717, 1.165) is 18.4 Å². The van der Waals surface area contributed by atoms with E-state index in [1.165, 1.54) is 19.1 Å². The second kappa shape index (κ2) is 3.20. The molecular formula is C9H11NO3. The maximum Gasteiger partial charge on any atom is 0.358 e. The number of rotatable bonds is 2. The van der Waals surface area contributed by atoms with Crippen molar-refractivity contribution in [2.75, 3.05) is 0 Å². The molecular weight excluding hydrogens is 170 g/mol. The second-order valence-electron chi connectivity index (χ2n) is 3.41. The molecule has 0 aliphatic heterocycles. The van der Waals surface area contributed by atoms with Crippen molar-refractivity contribution < 1.29 is 14.4 Å². The molecule has 0 bridgehead atoms. The van der Waals surface area contributed by atoms with Crippen molar-refractivity contribution in [1.29, 1.82) is 0 Å². The van der Waals surface area contributed by atoms with E-state index in [2.05, 4.69) is 9.68 Å². The van der Waals surface area contributed by atoms with Crippen LogP contribution in [-0.2, 0) is 0 Å². The minimum Gasteiger partial charge on any atom is -0.476 e. The maximum atomic E-state index is 10.7. The van der Waals surface area contributed by atoms with Crippen LogP contribution in [0.25, 0.3) is 0 Å². The maximum absolute atomic E-state index is 10.7. The molecule has 1 fully saturated rings. The lowest BCUT2D eigenvalue weighted by Crippen LogP contribution is -2.03. The predicted molar refractivity (Wildman–Crippen MR) is 44.7 cm³/mol. The van der Waals surface area contributed by atoms with Gasteiger partial charge in [-0.25, -0.2) is 4.79 Å². The summed E-state index contributed by atoms with van der Waals surface area (Å²) in [6.07, 6.45) is 5.94. The van der Waals surface area contributed by atoms with Crippen molar-refractivity contribution in [3.63, 3.8) is 0 Å². The van der Waals surface area contributed by atoms with Gasteiger partial charge in [0.2, 0.25) is 0 Å². The Hall–Kier alpha value is -1.32. The number of aromatic carboxylic acids is 1. The number of nitrogens with zero attached hydrogens (tertiary/aromatic N) is 1. The molecule has 1 aromatic heterocycles. The fraction of sp³-hybridized carbons (Fsp3) is 0.556. The molecule has 0 spiro atoms. The van der Waals surface area contributed by atoms with Gasteiger partial charge < -0.3 is 9.63 Å². The Morgan fingerprint density at radius 3 is 2.85 bits per heavy atom. The quantitative estimate of drug-likeness (QED) is 0.758. The normalized spacial score (nSPS) is 17.8. The summed E-state index contributed by atoms with van der Waals surface area (Å²) in [5.74, 6) is -0.645. The highest BCUT2D eigenvalue weighted by atomic mass is 16.5. The van der Waals surface area contributed by atoms with Crippen LogP contribution in [0.15, 0.2) is 10.8 Å². The van der Waals surface area contributed by atoms with Gasteiger partial charge >= 0.3 is 5.97 Å². The molecule has 0 saturated heterocycles. The van der Waals surface area contributed by atoms with Gasteiger partial charge in [-0.3, -0.25) is 0 Å². The lowest BCUT2D eigenvalue weighted by Gasteiger charge is -2.04. The molecule has 1 aliphatic rings. The van der Waals surface area contributed by atoms with Gasteiger partial charge in [0.05, 0.1) is 0 Å². The highest BCUT2D eigenvalue weighted by molar-refractivity contribution is 5.86. The molecule has 0 unspecified atom stereocenters. The first kappa shape index (κ1) is 8.29. The topological polar surface area (TPSA) is 63.3 Å². The molecule has 0 amide bonds. The van der Waals surface area contributed by atoms with Gasteiger partial charge in [-0.2, -0.15) is 0 Å². The molecule has 0 atom stereocenters. The average Bonchev–Trinajstić information content (AvgIpc) is 2.74. The molecule has 0 radical (unpaired) electrons. The summed E-state index contributed by atoms with van der Waals surface area (Å²) in [5, 5.41) is 12.3. The van der Waals surface area contributed by atoms with E-state index >= 15 is 0 Å². The van der Waals surface area contributed by atoms with Gasteiger partial charge in [-0.05, 0) is 18.8 Å². The lowest BCUT2D eigenvalue weighted by molar-refractivity contribution is 0.0684. The van der Waals surface area contributed by atoms with Gasteiger partial charge in [-0.15, -0.1) is 0 Å². The molecule has 70 valence electrons. The highest BCUT2D eigenvalue weighted by Gasteiger charge is 2.25. The Labute approximate surface area is 75.5 Å². The number of aromatic nitrogens is 1. The van der Waals surface area contributed by atoms with Gasteiger partial charge in [0.1, 0.15) is 6.26 Å². The van der Waals surface area contributed by atoms with Crippen LogP contribution in [0.1, 0.15) is 47.7 Å². The number of hydrogen-bond acceptors (Lipinski definition) is 3. The van der Waals surface area contributed by atoms with E-state index in [1.54, 1.807) is 0 Å². The number of hydrogen-bond donors (Lipinski definition) is 1. The summed E-state index contributed by atoms with van der Waals surface area (Å²) in [6.45, 7) is 0. The van der Waals surface area contributed by atoms with Crippen molar-refractivity contribution in [2.45, 2.75) is 31.6 Å². The van der Waals surface area contributed by atoms with Crippen molar-refractivity contribution >= 4 is 5.97 Å². The van der Waals surface area contributed by atoms with Crippen LogP contribution in [0.5, 0.6) is 0 Å². The summed E-state index contributed by atoms with van der Waals surface area (Å²) in [5.41, 5.74) is 0.858. The van der Waals surface area contributed by atoms with Crippen molar-refractivity contribution in [2.24, 2.45) is 0 Å². The third-order valence-electron chi connectivity index (χ3n) is 2.59. The SMILES string of the molecule is O=C(O)c1nocc1C1CCCC1. The molecule has 1 N–H and O–H groups in total. The van der Waals surface area contributed by atoms with E-state index in [9.17, 15) is 4.79 Å². The fourth-order valence-electron chi connectivity index (χ4n) is 1.93. The zero-order valence-electron chi connectivity index (χ0n) is 7.19. The van der Waals surface area contributed by atoms with Crippen molar-refractivity contribution in [3.8, 4) is 0 Å². The second-order valence-corrected chi connectivity index (χ2v) is 3.41. The van der Waals surface area contributed by atoms with Crippen LogP contribution in [0.2, 0.25) is 0 Å². The molecule has 4 heteroatoms. The first-order valence-electron chi connectivity index (χ1n) is 4.46. The summed E-state index contributed by atoms with van der Waals surface area (Å²) in [4.78, 5) is 10.7. The minimum absolute atomic E-state index is 0.0897. The Morgan fingerprint density at radius 1 is 1.54 bits per heavy atom. The van der Waals surface area contributed by atoms with E-state index in [1.807, 2.05) is 0 Å². The van der Waals surface area contributed by atoms with Crippen LogP contribution in [0, 0.1) is 0 Å². The zero-order chi connectivity index (χ0) is 9.26. The highest BCUT2D eigenvalue weighted by Crippen LogP contribution is 2.35. The summed E-state index contributed by atoms with van der Waals surface area (Å²) in [6, 6.07) is 0. The van der Waals surface area contributed by atoms with E-state index in [0.29, 0.717) is 5.92 Å². The standard InChI is InChI=1S/C9H11NO3/c11-9(12)8-7(5-13-10-8)6-3-1-2-4-6/h5-6H,1-4H2,(H,11,12). The van der Waals surface area contributed by atoms with Crippen LogP contribution in [-0.4, -0.2) is 16.2 Å². The third kappa shape index (κ3) is 1.43. The molecule has 2 rings (SSSR count). The Bertz CT molecular complexity index is 312. The monoisotopic (exact) mass is 181 g/mol. The largest absolute Gasteiger partial charge is 0.476 e. The predicted octanol–water partition coefficient (Wildman–Crippen LogP) is 2.03. The van der Waals surface area contributed by atoms with Gasteiger partial charge in [-0.1, -0.05) is 18.0 Å². The smallest absolute Gasteiger partial charge is 0.358 e. The summed E-state index contributed by atoms with van der Waals surface area (Å²) >= 11 is 0. The molecule has 0 aromatic carbocycles. The minimum atomic E-state index is -0.990. The molecule has 1 aliphatic carbocycles. The summed E-state index contributed by atoms with van der Waals surface area (Å²) < 4.78 is 4.69. The van der Waals surface area contributed by atoms with E-state index < -0.39 is 5.97 Å². The first-order valence-corrected chi connectivity index (χ1v) is 4.46. The summed E-state index contributed by atoms with van der Waals surface area (Å²) in [7, 11) is 0. The van der Waals surface area contributed by atoms with Gasteiger partial charge in [0.15, 0.2) is 5.69 Å². The van der Waals surface area contributed by atoms with Crippen molar-refractivity contribution in [3.05, 3.63) is 17.5 Å². The van der Waals surface area contributed by atoms with E-state index in [4.69, 9.17) is 5.11 Å². The van der Waals surface area contributed by atoms with Crippen LogP contribution in [0.3, 0.4) is 0 Å². The fourth-order valence-corrected chi connectivity index (χ4v) is 1.93. The van der Waals surface area contributed by atoms with E-state index in [-0.39, 0.29) is 5.69 Å². The number of carboxylic acids is 1. The number of carbonyl (C=O) groups is 1. The van der Waals surface area contributed by atoms with Crippen LogP contribution in [0.4, 0.5) is 0 Å². The molecule has 13 heavy (non-hydrogen) atoms. The molecule has 1 saturated carbocycles. The Morgan fingerprint density at radius 2 is 2.23 bits per heavy atom. The first-order chi connectivity index (χ1) is 6.29. The number of carboxylic acid groups (broad SMARTS) is 1. The zero-order valence-corrected chi connectivity index (χ0v) is 7.19. The average molecular weight is 181 g/mol. The van der Waals surface area contributed by atoms with Crippen molar-refractivity contribution in [1.82, 2.24) is 5.16 Å². The third-order valence-corrected chi connectivity index (χ3v) is 2.59. The van der Waals surface area contributed by atoms with Gasteiger partial charge in [0.25, 0.3) is 0 Å². The van der Waals surface area contributed by atoms with Crippen LogP contribution < -0.4 is 0 Å².